The second-order valence-electron chi connectivity index (χ2n) is 3.75. The second-order valence-corrected chi connectivity index (χ2v) is 3.75. The van der Waals surface area contributed by atoms with Crippen molar-refractivity contribution in [3.05, 3.63) is 48.1 Å². The first-order chi connectivity index (χ1) is 6.37. The van der Waals surface area contributed by atoms with E-state index in [1.165, 1.54) is 18.4 Å². The van der Waals surface area contributed by atoms with E-state index in [1.54, 1.807) is 0 Å². The molecule has 13 heavy (non-hydrogen) atoms. The normalized spacial score (nSPS) is 23.6. The average molecular weight is 172 g/mol. The van der Waals surface area contributed by atoms with Gasteiger partial charge in [0.2, 0.25) is 0 Å². The van der Waals surface area contributed by atoms with Gasteiger partial charge in [0.1, 0.15) is 0 Å². The molecule has 0 aromatic rings. The van der Waals surface area contributed by atoms with Gasteiger partial charge in [-0.3, -0.25) is 0 Å². The van der Waals surface area contributed by atoms with E-state index in [4.69, 9.17) is 0 Å². The van der Waals surface area contributed by atoms with Gasteiger partial charge in [0.05, 0.1) is 0 Å². The van der Waals surface area contributed by atoms with E-state index in [2.05, 4.69) is 49.5 Å². The molecule has 0 spiro atoms. The molecule has 0 radical (unpaired) electrons. The summed E-state index contributed by atoms with van der Waals surface area (Å²) in [5, 5.41) is 0. The van der Waals surface area contributed by atoms with E-state index in [9.17, 15) is 0 Å². The summed E-state index contributed by atoms with van der Waals surface area (Å²) in [5.74, 6) is 0. The molecule has 0 amide bonds. The van der Waals surface area contributed by atoms with Gasteiger partial charge in [0.25, 0.3) is 0 Å². The first-order valence-electron chi connectivity index (χ1n) is 5.12. The molecule has 0 unspecified atom stereocenters. The van der Waals surface area contributed by atoms with Gasteiger partial charge < -0.3 is 0 Å². The van der Waals surface area contributed by atoms with Crippen LogP contribution in [-0.2, 0) is 0 Å². The molecule has 0 bridgehead atoms. The van der Waals surface area contributed by atoms with Crippen LogP contribution in [0.5, 0.6) is 0 Å². The highest BCUT2D eigenvalue weighted by molar-refractivity contribution is 5.42. The van der Waals surface area contributed by atoms with Crippen LogP contribution >= 0.6 is 0 Å². The summed E-state index contributed by atoms with van der Waals surface area (Å²) in [6.45, 7) is 2.25. The molecule has 0 heterocycles. The highest BCUT2D eigenvalue weighted by Gasteiger charge is 2.27. The minimum Gasteiger partial charge on any atom is -0.0839 e. The van der Waals surface area contributed by atoms with Gasteiger partial charge in [0.15, 0.2) is 0 Å². The van der Waals surface area contributed by atoms with E-state index >= 15 is 0 Å². The Morgan fingerprint density at radius 1 is 1.23 bits per heavy atom. The molecule has 0 saturated heterocycles. The van der Waals surface area contributed by atoms with Crippen molar-refractivity contribution in [1.82, 2.24) is 0 Å². The Morgan fingerprint density at radius 2 is 2.00 bits per heavy atom. The monoisotopic (exact) mass is 172 g/mol. The van der Waals surface area contributed by atoms with Crippen LogP contribution in [0.2, 0.25) is 0 Å². The topological polar surface area (TPSA) is 0 Å². The quantitative estimate of drug-likeness (QED) is 0.594. The molecule has 68 valence electrons. The van der Waals surface area contributed by atoms with Gasteiger partial charge in [-0.15, -0.1) is 0 Å². The van der Waals surface area contributed by atoms with Crippen LogP contribution in [0.1, 0.15) is 26.2 Å². The third-order valence-corrected chi connectivity index (χ3v) is 3.02. The molecule has 2 rings (SSSR count). The molecule has 0 aromatic heterocycles. The molecule has 0 saturated carbocycles. The lowest BCUT2D eigenvalue weighted by Crippen LogP contribution is -2.15. The molecular weight excluding hydrogens is 156 g/mol. The highest BCUT2D eigenvalue weighted by atomic mass is 14.3. The zero-order chi connectivity index (χ0) is 9.15. The van der Waals surface area contributed by atoms with Crippen LogP contribution in [-0.4, -0.2) is 0 Å². The Labute approximate surface area is 80.3 Å². The summed E-state index contributed by atoms with van der Waals surface area (Å²) in [4.78, 5) is 0. The van der Waals surface area contributed by atoms with Crippen molar-refractivity contribution in [2.75, 3.05) is 0 Å². The van der Waals surface area contributed by atoms with Crippen LogP contribution in [0.4, 0.5) is 0 Å². The summed E-state index contributed by atoms with van der Waals surface area (Å²) in [6.07, 6.45) is 19.5. The van der Waals surface area contributed by atoms with Crippen LogP contribution in [0.25, 0.3) is 0 Å². The first kappa shape index (κ1) is 8.55. The summed E-state index contributed by atoms with van der Waals surface area (Å²) in [6, 6.07) is 0. The maximum Gasteiger partial charge on any atom is 0.0312 e. The van der Waals surface area contributed by atoms with Crippen molar-refractivity contribution in [3.63, 3.8) is 0 Å². The van der Waals surface area contributed by atoms with Gasteiger partial charge >= 0.3 is 0 Å². The molecule has 2 aliphatic rings. The van der Waals surface area contributed by atoms with Gasteiger partial charge in [-0.2, -0.15) is 0 Å². The third kappa shape index (κ3) is 1.41. The van der Waals surface area contributed by atoms with Crippen LogP contribution < -0.4 is 0 Å². The molecule has 0 fully saturated rings. The summed E-state index contributed by atoms with van der Waals surface area (Å²) >= 11 is 0. The largest absolute Gasteiger partial charge is 0.0839 e. The molecule has 2 aliphatic carbocycles. The van der Waals surface area contributed by atoms with Gasteiger partial charge in [-0.1, -0.05) is 49.5 Å². The van der Waals surface area contributed by atoms with Gasteiger partial charge in [-0.25, -0.2) is 0 Å². The minimum absolute atomic E-state index is 0.219. The summed E-state index contributed by atoms with van der Waals surface area (Å²) in [5.41, 5.74) is 1.70. The number of rotatable bonds is 2. The summed E-state index contributed by atoms with van der Waals surface area (Å²) < 4.78 is 0. The lowest BCUT2D eigenvalue weighted by atomic mass is 9.77. The van der Waals surface area contributed by atoms with E-state index in [0.717, 1.165) is 6.42 Å². The van der Waals surface area contributed by atoms with Gasteiger partial charge in [-0.05, 0) is 24.8 Å². The molecular formula is C13H16. The molecule has 0 aromatic carbocycles. The predicted molar refractivity (Wildman–Crippen MR) is 57.5 cm³/mol. The molecule has 0 nitrogen and oxygen atoms in total. The Kier molecular flexibility index (Phi) is 2.22. The maximum absolute atomic E-state index is 2.38. The Balaban J connectivity index is 2.31. The number of hydrogen-bond donors (Lipinski definition) is 0. The molecule has 0 heteroatoms. The highest BCUT2D eigenvalue weighted by Crippen LogP contribution is 2.39. The van der Waals surface area contributed by atoms with E-state index in [-0.39, 0.29) is 5.41 Å². The maximum atomic E-state index is 2.38. The summed E-state index contributed by atoms with van der Waals surface area (Å²) in [7, 11) is 0. The third-order valence-electron chi connectivity index (χ3n) is 3.02. The Bertz CT molecular complexity index is 288. The van der Waals surface area contributed by atoms with E-state index in [0.29, 0.717) is 0 Å². The fraction of sp³-hybridized carbons (Fsp3) is 0.385. The number of hydrogen-bond acceptors (Lipinski definition) is 0. The van der Waals surface area contributed by atoms with Crippen molar-refractivity contribution in [3.8, 4) is 0 Å². The average Bonchev–Trinajstić information content (AvgIpc) is 2.69. The molecule has 0 aliphatic heterocycles. The second kappa shape index (κ2) is 3.37. The first-order valence-corrected chi connectivity index (χ1v) is 5.12. The van der Waals surface area contributed by atoms with Crippen molar-refractivity contribution in [2.45, 2.75) is 26.2 Å². The molecule has 0 N–H and O–H groups in total. The van der Waals surface area contributed by atoms with Crippen molar-refractivity contribution < 1.29 is 0 Å². The Morgan fingerprint density at radius 3 is 2.54 bits per heavy atom. The van der Waals surface area contributed by atoms with Crippen molar-refractivity contribution in [2.24, 2.45) is 5.41 Å². The molecule has 0 atom stereocenters. The van der Waals surface area contributed by atoms with Crippen LogP contribution in [0, 0.1) is 5.41 Å². The zero-order valence-electron chi connectivity index (χ0n) is 8.16. The lowest BCUT2D eigenvalue weighted by Gasteiger charge is -2.26. The van der Waals surface area contributed by atoms with Crippen molar-refractivity contribution >= 4 is 0 Å². The van der Waals surface area contributed by atoms with E-state index in [1.807, 2.05) is 0 Å². The Hall–Kier alpha value is -1.04. The van der Waals surface area contributed by atoms with Crippen molar-refractivity contribution in [1.29, 1.82) is 0 Å². The van der Waals surface area contributed by atoms with Gasteiger partial charge in [0, 0.05) is 5.41 Å². The fourth-order valence-electron chi connectivity index (χ4n) is 2.10. The predicted octanol–water partition coefficient (Wildman–Crippen LogP) is 3.79. The zero-order valence-corrected chi connectivity index (χ0v) is 8.16. The van der Waals surface area contributed by atoms with Crippen LogP contribution in [0.15, 0.2) is 48.1 Å². The van der Waals surface area contributed by atoms with Crippen LogP contribution in [0.3, 0.4) is 0 Å². The lowest BCUT2D eigenvalue weighted by molar-refractivity contribution is 0.578. The standard InChI is InChI=1S/C13H16/c1-2-13(10-6-7-11-13)12-8-4-3-5-9-12/h4,6-11H,2-3,5H2,1H3. The minimum atomic E-state index is 0.219. The number of allylic oxidation sites excluding steroid dienone is 8. The van der Waals surface area contributed by atoms with E-state index < -0.39 is 0 Å². The SMILES string of the molecule is CCC1(C2=CCCC=C2)C=CC=C1. The fourth-order valence-corrected chi connectivity index (χ4v) is 2.10. The smallest absolute Gasteiger partial charge is 0.0312 e.